The second kappa shape index (κ2) is 10.4. The summed E-state index contributed by atoms with van der Waals surface area (Å²) in [6.45, 7) is 6.32. The largest absolute Gasteiger partial charge is 0.350 e. The Hall–Kier alpha value is -1.60. The molecule has 0 spiro atoms. The summed E-state index contributed by atoms with van der Waals surface area (Å²) in [6.07, 6.45) is 0.762. The van der Waals surface area contributed by atoms with E-state index in [0.717, 1.165) is 11.1 Å². The van der Waals surface area contributed by atoms with Crippen molar-refractivity contribution in [1.82, 2.24) is 9.62 Å². The summed E-state index contributed by atoms with van der Waals surface area (Å²) < 4.78 is 26.5. The minimum absolute atomic E-state index is 0.117. The number of nitrogens with zero attached hydrogens (tertiary/aromatic N) is 1. The summed E-state index contributed by atoms with van der Waals surface area (Å²) in [4.78, 5) is 12.5. The first-order valence-electron chi connectivity index (χ1n) is 9.53. The number of nitrogens with one attached hydrogen (secondary N) is 1. The summed E-state index contributed by atoms with van der Waals surface area (Å²) in [5.74, 6) is -0.117. The molecule has 1 atom stereocenters. The number of carbonyl (C=O) groups is 1. The van der Waals surface area contributed by atoms with Gasteiger partial charge in [-0.1, -0.05) is 61.3 Å². The number of carbonyl (C=O) groups excluding carboxylic acids is 1. The number of hydrogen-bond donors (Lipinski definition) is 1. The first-order chi connectivity index (χ1) is 13.7. The van der Waals surface area contributed by atoms with Crippen molar-refractivity contribution in [1.29, 1.82) is 0 Å². The highest BCUT2D eigenvalue weighted by molar-refractivity contribution is 7.89. The van der Waals surface area contributed by atoms with Crippen molar-refractivity contribution in [2.45, 2.75) is 44.6 Å². The SMILES string of the molecule is CCN(CC)S(=O)(=O)c1ccc(C(C)NC(=O)CCc2cccc(Cl)c2Cl)cc1. The van der Waals surface area contributed by atoms with Gasteiger partial charge < -0.3 is 5.32 Å². The van der Waals surface area contributed by atoms with Crippen LogP contribution in [0, 0.1) is 0 Å². The van der Waals surface area contributed by atoms with E-state index in [2.05, 4.69) is 5.32 Å². The molecule has 1 unspecified atom stereocenters. The Balaban J connectivity index is 1.99. The van der Waals surface area contributed by atoms with E-state index in [1.54, 1.807) is 36.4 Å². The first kappa shape index (κ1) is 23.7. The van der Waals surface area contributed by atoms with Crippen LogP contribution >= 0.6 is 23.2 Å². The van der Waals surface area contributed by atoms with Gasteiger partial charge in [0.2, 0.25) is 15.9 Å². The maximum atomic E-state index is 12.6. The standard InChI is InChI=1S/C21H26Cl2N2O3S/c1-4-25(5-2)29(27,28)18-12-9-16(10-13-18)15(3)24-20(26)14-11-17-7-6-8-19(22)21(17)23/h6-10,12-13,15H,4-5,11,14H2,1-3H3,(H,24,26). The molecule has 0 bridgehead atoms. The van der Waals surface area contributed by atoms with Crippen LogP contribution in [-0.4, -0.2) is 31.7 Å². The van der Waals surface area contributed by atoms with E-state index in [-0.39, 0.29) is 23.3 Å². The molecule has 8 heteroatoms. The molecule has 1 N–H and O–H groups in total. The summed E-state index contributed by atoms with van der Waals surface area (Å²) in [7, 11) is -3.49. The molecule has 2 aromatic rings. The lowest BCUT2D eigenvalue weighted by Crippen LogP contribution is -2.30. The molecule has 5 nitrogen and oxygen atoms in total. The minimum Gasteiger partial charge on any atom is -0.350 e. The lowest BCUT2D eigenvalue weighted by molar-refractivity contribution is -0.121. The molecular formula is C21H26Cl2N2O3S. The zero-order chi connectivity index (χ0) is 21.6. The smallest absolute Gasteiger partial charge is 0.243 e. The highest BCUT2D eigenvalue weighted by Crippen LogP contribution is 2.26. The zero-order valence-electron chi connectivity index (χ0n) is 16.8. The van der Waals surface area contributed by atoms with Crippen LogP contribution in [0.15, 0.2) is 47.4 Å². The third kappa shape index (κ3) is 5.95. The maximum absolute atomic E-state index is 12.6. The monoisotopic (exact) mass is 456 g/mol. The Bertz CT molecular complexity index is 943. The highest BCUT2D eigenvalue weighted by Gasteiger charge is 2.21. The van der Waals surface area contributed by atoms with Gasteiger partial charge in [-0.25, -0.2) is 8.42 Å². The Morgan fingerprint density at radius 1 is 1.07 bits per heavy atom. The van der Waals surface area contributed by atoms with E-state index in [4.69, 9.17) is 23.2 Å². The number of halogens is 2. The number of hydrogen-bond acceptors (Lipinski definition) is 3. The topological polar surface area (TPSA) is 66.5 Å². The van der Waals surface area contributed by atoms with Crippen LogP contribution in [0.2, 0.25) is 10.0 Å². The number of amides is 1. The molecular weight excluding hydrogens is 431 g/mol. The molecule has 29 heavy (non-hydrogen) atoms. The van der Waals surface area contributed by atoms with Crippen molar-refractivity contribution in [3.63, 3.8) is 0 Å². The van der Waals surface area contributed by atoms with Crippen molar-refractivity contribution >= 4 is 39.1 Å². The Kier molecular flexibility index (Phi) is 8.52. The molecule has 0 aliphatic rings. The van der Waals surface area contributed by atoms with Crippen LogP contribution in [0.1, 0.15) is 44.4 Å². The molecule has 0 aliphatic carbocycles. The van der Waals surface area contributed by atoms with E-state index in [1.165, 1.54) is 4.31 Å². The Morgan fingerprint density at radius 2 is 1.69 bits per heavy atom. The summed E-state index contributed by atoms with van der Waals surface area (Å²) in [5.41, 5.74) is 1.66. The lowest BCUT2D eigenvalue weighted by Gasteiger charge is -2.19. The maximum Gasteiger partial charge on any atom is 0.243 e. The van der Waals surface area contributed by atoms with E-state index in [1.807, 2.05) is 26.8 Å². The van der Waals surface area contributed by atoms with Crippen LogP contribution < -0.4 is 5.32 Å². The second-order valence-electron chi connectivity index (χ2n) is 6.66. The fourth-order valence-electron chi connectivity index (χ4n) is 3.03. The molecule has 1 amide bonds. The minimum atomic E-state index is -3.49. The van der Waals surface area contributed by atoms with Gasteiger partial charge in [0.15, 0.2) is 0 Å². The summed E-state index contributed by atoms with van der Waals surface area (Å²) in [5, 5.41) is 3.87. The van der Waals surface area contributed by atoms with Gasteiger partial charge in [0, 0.05) is 19.5 Å². The molecule has 0 saturated carbocycles. The predicted octanol–water partition coefficient (Wildman–Crippen LogP) is 4.83. The first-order valence-corrected chi connectivity index (χ1v) is 11.7. The van der Waals surface area contributed by atoms with Gasteiger partial charge >= 0.3 is 0 Å². The van der Waals surface area contributed by atoms with Crippen LogP contribution in [0.4, 0.5) is 0 Å². The highest BCUT2D eigenvalue weighted by atomic mass is 35.5. The molecule has 2 rings (SSSR count). The number of rotatable bonds is 9. The van der Waals surface area contributed by atoms with E-state index < -0.39 is 10.0 Å². The van der Waals surface area contributed by atoms with Crippen LogP contribution in [0.5, 0.6) is 0 Å². The lowest BCUT2D eigenvalue weighted by atomic mass is 10.1. The fourth-order valence-corrected chi connectivity index (χ4v) is 4.90. The Labute approximate surface area is 183 Å². The van der Waals surface area contributed by atoms with Crippen molar-refractivity contribution in [2.24, 2.45) is 0 Å². The van der Waals surface area contributed by atoms with Crippen molar-refractivity contribution < 1.29 is 13.2 Å². The third-order valence-electron chi connectivity index (χ3n) is 4.75. The average molecular weight is 457 g/mol. The van der Waals surface area contributed by atoms with E-state index in [9.17, 15) is 13.2 Å². The molecule has 0 fully saturated rings. The van der Waals surface area contributed by atoms with E-state index in [0.29, 0.717) is 29.6 Å². The van der Waals surface area contributed by atoms with Crippen LogP contribution in [-0.2, 0) is 21.2 Å². The van der Waals surface area contributed by atoms with Gasteiger partial charge in [-0.3, -0.25) is 4.79 Å². The molecule has 158 valence electrons. The summed E-state index contributed by atoms with van der Waals surface area (Å²) in [6, 6.07) is 11.7. The number of aryl methyl sites for hydroxylation is 1. The van der Waals surface area contributed by atoms with Crippen LogP contribution in [0.25, 0.3) is 0 Å². The van der Waals surface area contributed by atoms with Crippen molar-refractivity contribution in [2.75, 3.05) is 13.1 Å². The van der Waals surface area contributed by atoms with Gasteiger partial charge in [0.1, 0.15) is 0 Å². The van der Waals surface area contributed by atoms with Gasteiger partial charge in [-0.15, -0.1) is 0 Å². The van der Waals surface area contributed by atoms with Gasteiger partial charge in [0.25, 0.3) is 0 Å². The van der Waals surface area contributed by atoms with Gasteiger partial charge in [-0.05, 0) is 42.7 Å². The van der Waals surface area contributed by atoms with Crippen LogP contribution in [0.3, 0.4) is 0 Å². The van der Waals surface area contributed by atoms with Crippen molar-refractivity contribution in [3.8, 4) is 0 Å². The van der Waals surface area contributed by atoms with Gasteiger partial charge in [0.05, 0.1) is 21.0 Å². The predicted molar refractivity (Wildman–Crippen MR) is 118 cm³/mol. The summed E-state index contributed by atoms with van der Waals surface area (Å²) >= 11 is 12.2. The van der Waals surface area contributed by atoms with Gasteiger partial charge in [-0.2, -0.15) is 4.31 Å². The normalized spacial score (nSPS) is 12.8. The number of benzene rings is 2. The third-order valence-corrected chi connectivity index (χ3v) is 7.68. The number of sulfonamides is 1. The fraction of sp³-hybridized carbons (Fsp3) is 0.381. The average Bonchev–Trinajstić information content (AvgIpc) is 2.70. The Morgan fingerprint density at radius 3 is 2.28 bits per heavy atom. The quantitative estimate of drug-likeness (QED) is 0.587. The zero-order valence-corrected chi connectivity index (χ0v) is 19.1. The molecule has 0 radical (unpaired) electrons. The van der Waals surface area contributed by atoms with Crippen molar-refractivity contribution in [3.05, 3.63) is 63.6 Å². The van der Waals surface area contributed by atoms with E-state index >= 15 is 0 Å². The molecule has 0 aromatic heterocycles. The molecule has 2 aromatic carbocycles. The molecule has 0 aliphatic heterocycles. The second-order valence-corrected chi connectivity index (χ2v) is 9.38. The molecule has 0 saturated heterocycles. The molecule has 0 heterocycles.